The number of nitrogens with one attached hydrogen (secondary N) is 1. The molecule has 16 heteroatoms. The fraction of sp³-hybridized carbons (Fsp3) is 0.587. The van der Waals surface area contributed by atoms with Crippen LogP contribution < -0.4 is 19.1 Å². The number of carbonyl (C=O) groups is 2. The molecule has 14 nitrogen and oxygen atoms in total. The number of fused-ring (bicyclic) bond motifs is 4. The lowest BCUT2D eigenvalue weighted by Crippen LogP contribution is -2.61. The average molecular weight is 891 g/mol. The van der Waals surface area contributed by atoms with E-state index < -0.39 is 27.3 Å². The Balaban J connectivity index is 1.11. The molecule has 4 aliphatic heterocycles. The number of nitrogens with zero attached hydrogens (tertiary/aromatic N) is 6. The number of methoxy groups -OCH3 is 2. The molecule has 62 heavy (non-hydrogen) atoms. The average Bonchev–Trinajstić information content (AvgIpc) is 3.54. The molecule has 5 heterocycles. The van der Waals surface area contributed by atoms with Crippen molar-refractivity contribution in [2.24, 2.45) is 29.2 Å². The molecule has 2 aromatic carbocycles. The molecule has 2 amide bonds. The lowest BCUT2D eigenvalue weighted by Gasteiger charge is -2.52. The Bertz CT molecular complexity index is 2340. The number of amides is 2. The first kappa shape index (κ1) is 43.3. The largest absolute Gasteiger partial charge is 0.490 e. The van der Waals surface area contributed by atoms with E-state index in [-0.39, 0.29) is 40.0 Å². The molecular weight excluding hydrogens is 830 g/mol. The molecule has 2 saturated heterocycles. The second kappa shape index (κ2) is 17.5. The molecule has 3 fully saturated rings. The Morgan fingerprint density at radius 3 is 2.65 bits per heavy atom. The van der Waals surface area contributed by atoms with Gasteiger partial charge in [0.05, 0.1) is 44.4 Å². The summed E-state index contributed by atoms with van der Waals surface area (Å²) in [4.78, 5) is 35.6. The zero-order chi connectivity index (χ0) is 43.2. The van der Waals surface area contributed by atoms with Crippen LogP contribution in [0.3, 0.4) is 0 Å². The molecule has 1 N–H and O–H groups in total. The number of ether oxygens (including phenoxy) is 4. The third-order valence-corrected chi connectivity index (χ3v) is 16.6. The summed E-state index contributed by atoms with van der Waals surface area (Å²) < 4.78 is 47.9. The van der Waals surface area contributed by atoms with Crippen LogP contribution in [0.25, 0.3) is 0 Å². The fourth-order valence-corrected chi connectivity index (χ4v) is 12.9. The van der Waals surface area contributed by atoms with Crippen molar-refractivity contribution in [2.45, 2.75) is 62.5 Å². The maximum absolute atomic E-state index is 15.0. The number of aromatic nitrogens is 2. The molecule has 6 aliphatic rings. The second-order valence-electron chi connectivity index (χ2n) is 18.5. The summed E-state index contributed by atoms with van der Waals surface area (Å²) in [5.74, 6) is -0.334. The first-order chi connectivity index (χ1) is 29.9. The highest BCUT2D eigenvalue weighted by Crippen LogP contribution is 2.49. The van der Waals surface area contributed by atoms with Crippen molar-refractivity contribution in [1.82, 2.24) is 24.3 Å². The molecular formula is C46H60ClN7O7S. The number of rotatable bonds is 7. The minimum absolute atomic E-state index is 0.0532. The molecule has 0 radical (unpaired) electrons. The first-order valence-corrected chi connectivity index (χ1v) is 24.2. The predicted octanol–water partition coefficient (Wildman–Crippen LogP) is 5.53. The van der Waals surface area contributed by atoms with E-state index in [9.17, 15) is 13.8 Å². The molecule has 334 valence electrons. The number of halogens is 1. The van der Waals surface area contributed by atoms with Gasteiger partial charge in [0.1, 0.15) is 26.8 Å². The van der Waals surface area contributed by atoms with Crippen molar-refractivity contribution in [2.75, 3.05) is 90.5 Å². The number of benzene rings is 2. The van der Waals surface area contributed by atoms with Crippen LogP contribution in [-0.2, 0) is 38.3 Å². The van der Waals surface area contributed by atoms with Gasteiger partial charge in [-0.2, -0.15) is 0 Å². The summed E-state index contributed by atoms with van der Waals surface area (Å²) in [5, 5.41) is 4.94. The number of carbonyl (C=O) groups excluding carboxylic acids is 2. The molecule has 1 unspecified atom stereocenters. The summed E-state index contributed by atoms with van der Waals surface area (Å²) in [6, 6.07) is 12.2. The van der Waals surface area contributed by atoms with E-state index in [2.05, 4.69) is 53.2 Å². The standard InChI is InChI=1S/C46H60ClN7O7S/c1-31-7-5-16-46(59-4,29-52-17-19-53(20-18-52)36-25-60-26-36)39-12-9-34(39)23-54-28-45(15-6-8-32-21-35(47)11-13-38(32)45)30-61-41-14-10-33(22-40(41)54)42(55)49-62(57,27-31)50-43(56)37-24-51(2)48-44(37)58-3/h5,10-11,13-14,16,21-22,24,31,34,36,39H,6-9,12,15,17-20,23,25-30H2,1-4H3,(H,49,50,55,56,57)/b16-5-/t31-,34-,39+,45-,46-,62?/m0/s1. The lowest BCUT2D eigenvalue weighted by atomic mass is 9.63. The summed E-state index contributed by atoms with van der Waals surface area (Å²) in [6.45, 7) is 10.2. The third-order valence-electron chi connectivity index (χ3n) is 14.3. The maximum Gasteiger partial charge on any atom is 0.286 e. The molecule has 2 bridgehead atoms. The van der Waals surface area contributed by atoms with Gasteiger partial charge in [0, 0.05) is 82.2 Å². The second-order valence-corrected chi connectivity index (χ2v) is 20.9. The van der Waals surface area contributed by atoms with Crippen molar-refractivity contribution in [1.29, 1.82) is 0 Å². The number of aryl methyl sites for hydroxylation is 2. The molecule has 2 aliphatic carbocycles. The van der Waals surface area contributed by atoms with Crippen LogP contribution in [-0.4, -0.2) is 133 Å². The lowest BCUT2D eigenvalue weighted by molar-refractivity contribution is -0.107. The minimum Gasteiger partial charge on any atom is -0.490 e. The van der Waals surface area contributed by atoms with Crippen molar-refractivity contribution in [3.8, 4) is 11.6 Å². The van der Waals surface area contributed by atoms with Gasteiger partial charge in [-0.05, 0) is 97.7 Å². The summed E-state index contributed by atoms with van der Waals surface area (Å²) in [5.41, 5.74) is 2.81. The molecule has 1 saturated carbocycles. The van der Waals surface area contributed by atoms with Crippen molar-refractivity contribution in [3.05, 3.63) is 82.0 Å². The minimum atomic E-state index is -3.66. The van der Waals surface area contributed by atoms with Gasteiger partial charge in [0.15, 0.2) is 0 Å². The van der Waals surface area contributed by atoms with Crippen molar-refractivity contribution >= 4 is 39.0 Å². The van der Waals surface area contributed by atoms with Crippen LogP contribution in [0.15, 0.2) is 59.1 Å². The van der Waals surface area contributed by atoms with E-state index in [1.54, 1.807) is 13.1 Å². The van der Waals surface area contributed by atoms with Crippen LogP contribution in [0.1, 0.15) is 70.9 Å². The van der Waals surface area contributed by atoms with Gasteiger partial charge in [0.2, 0.25) is 5.88 Å². The van der Waals surface area contributed by atoms with Gasteiger partial charge in [-0.1, -0.05) is 36.7 Å². The van der Waals surface area contributed by atoms with Gasteiger partial charge in [-0.25, -0.2) is 4.21 Å². The normalized spacial score (nSPS) is 31.3. The molecule has 1 spiro atoms. The monoisotopic (exact) mass is 889 g/mol. The molecule has 1 aromatic heterocycles. The zero-order valence-corrected chi connectivity index (χ0v) is 37.9. The van der Waals surface area contributed by atoms with E-state index in [1.165, 1.54) is 29.1 Å². The van der Waals surface area contributed by atoms with Gasteiger partial charge in [-0.3, -0.25) is 28.8 Å². The summed E-state index contributed by atoms with van der Waals surface area (Å²) in [7, 11) is 1.27. The van der Waals surface area contributed by atoms with Crippen molar-refractivity contribution < 1.29 is 32.7 Å². The van der Waals surface area contributed by atoms with E-state index in [4.69, 9.17) is 30.5 Å². The Kier molecular flexibility index (Phi) is 12.2. The van der Waals surface area contributed by atoms with Crippen LogP contribution in [0, 0.1) is 17.8 Å². The number of anilines is 1. The smallest absolute Gasteiger partial charge is 0.286 e. The zero-order valence-electron chi connectivity index (χ0n) is 36.4. The highest BCUT2D eigenvalue weighted by atomic mass is 35.5. The van der Waals surface area contributed by atoms with Crippen LogP contribution >= 0.6 is 11.6 Å². The quantitative estimate of drug-likeness (QED) is 0.300. The Morgan fingerprint density at radius 1 is 1.10 bits per heavy atom. The van der Waals surface area contributed by atoms with Gasteiger partial charge >= 0.3 is 0 Å². The molecule has 3 aromatic rings. The number of allylic oxidation sites excluding steroid dienone is 1. The van der Waals surface area contributed by atoms with E-state index >= 15 is 0 Å². The summed E-state index contributed by atoms with van der Waals surface area (Å²) in [6.07, 6.45) is 11.5. The van der Waals surface area contributed by atoms with Gasteiger partial charge in [0.25, 0.3) is 11.8 Å². The van der Waals surface area contributed by atoms with Crippen LogP contribution in [0.5, 0.6) is 11.6 Å². The summed E-state index contributed by atoms with van der Waals surface area (Å²) >= 11 is 6.56. The Labute approximate surface area is 370 Å². The van der Waals surface area contributed by atoms with Gasteiger partial charge in [-0.15, -0.1) is 9.46 Å². The predicted molar refractivity (Wildman–Crippen MR) is 239 cm³/mol. The SMILES string of the molecule is COc1nn(C)cc1C(=O)NS1(=O)=NC(=O)c2ccc3c(c2)N(C[C@@H]2CC[C@H]2[C@](CN2CCN(C4COC4)CC2)(OC)/C=C\C[C@H](C)C1)C[C@@]1(CCCc2cc(Cl)ccc21)CO3. The topological polar surface area (TPSA) is 140 Å². The number of piperazine rings is 1. The van der Waals surface area contributed by atoms with Crippen LogP contribution in [0.4, 0.5) is 5.69 Å². The molecule has 6 atom stereocenters. The number of hydrogen-bond acceptors (Lipinski definition) is 11. The third kappa shape index (κ3) is 8.52. The number of hydrogen-bond donors (Lipinski definition) is 1. The fourth-order valence-electron chi connectivity index (χ4n) is 10.8. The highest BCUT2D eigenvalue weighted by Gasteiger charge is 2.50. The Hall–Kier alpha value is -3.99. The maximum atomic E-state index is 15.0. The Morgan fingerprint density at radius 2 is 1.92 bits per heavy atom. The first-order valence-electron chi connectivity index (χ1n) is 22.2. The van der Waals surface area contributed by atoms with Gasteiger partial charge < -0.3 is 23.8 Å². The van der Waals surface area contributed by atoms with Crippen LogP contribution in [0.2, 0.25) is 5.02 Å². The van der Waals surface area contributed by atoms with E-state index in [0.29, 0.717) is 37.3 Å². The highest BCUT2D eigenvalue weighted by molar-refractivity contribution is 7.92. The van der Waals surface area contributed by atoms with E-state index in [1.807, 2.05) is 32.2 Å². The van der Waals surface area contributed by atoms with Crippen molar-refractivity contribution in [3.63, 3.8) is 0 Å². The molecule has 9 rings (SSSR count). The van der Waals surface area contributed by atoms with E-state index in [0.717, 1.165) is 95.3 Å².